The van der Waals surface area contributed by atoms with Crippen LogP contribution in [0.1, 0.15) is 5.56 Å². The van der Waals surface area contributed by atoms with Gasteiger partial charge >= 0.3 is 0 Å². The summed E-state index contributed by atoms with van der Waals surface area (Å²) in [5.74, 6) is 1.01. The quantitative estimate of drug-likeness (QED) is 0.595. The second-order valence-corrected chi connectivity index (χ2v) is 6.69. The normalized spacial score (nSPS) is 11.0. The summed E-state index contributed by atoms with van der Waals surface area (Å²) in [6.45, 7) is 2.02. The lowest BCUT2D eigenvalue weighted by Gasteiger charge is -2.08. The van der Waals surface area contributed by atoms with Gasteiger partial charge in [-0.25, -0.2) is 4.98 Å². The highest BCUT2D eigenvalue weighted by molar-refractivity contribution is 7.20. The maximum absolute atomic E-state index is 12.8. The molecule has 0 amide bonds. The van der Waals surface area contributed by atoms with E-state index in [1.807, 2.05) is 31.2 Å². The zero-order chi connectivity index (χ0) is 18.3. The maximum Gasteiger partial charge on any atom is 0.283 e. The highest BCUT2D eigenvalue weighted by atomic mass is 32.1. The summed E-state index contributed by atoms with van der Waals surface area (Å²) >= 11 is 1.31. The predicted molar refractivity (Wildman–Crippen MR) is 102 cm³/mol. The van der Waals surface area contributed by atoms with Crippen LogP contribution in [0.3, 0.4) is 0 Å². The Kier molecular flexibility index (Phi) is 3.96. The topological polar surface area (TPSA) is 77.8 Å². The molecule has 8 heteroatoms. The Morgan fingerprint density at radius 2 is 1.88 bits per heavy atom. The third kappa shape index (κ3) is 2.74. The van der Waals surface area contributed by atoms with Crippen molar-refractivity contribution in [1.82, 2.24) is 14.6 Å². The molecule has 0 spiro atoms. The molecule has 26 heavy (non-hydrogen) atoms. The number of ether oxygens (including phenoxy) is 2. The zero-order valence-electron chi connectivity index (χ0n) is 14.4. The van der Waals surface area contributed by atoms with E-state index in [-0.39, 0.29) is 5.56 Å². The molecule has 2 heterocycles. The second-order valence-electron chi connectivity index (χ2n) is 5.74. The molecule has 4 aromatic rings. The largest absolute Gasteiger partial charge is 0.493 e. The van der Waals surface area contributed by atoms with E-state index in [1.54, 1.807) is 19.2 Å². The molecule has 0 radical (unpaired) electrons. The first-order valence-electron chi connectivity index (χ1n) is 7.88. The predicted octanol–water partition coefficient (Wildman–Crippen LogP) is 3.37. The van der Waals surface area contributed by atoms with E-state index in [2.05, 4.69) is 15.4 Å². The Bertz CT molecular complexity index is 1180. The summed E-state index contributed by atoms with van der Waals surface area (Å²) in [7, 11) is 3.08. The third-order valence-electron chi connectivity index (χ3n) is 3.97. The summed E-state index contributed by atoms with van der Waals surface area (Å²) in [5.41, 5.74) is 2.33. The minimum absolute atomic E-state index is 0.250. The molecule has 2 aromatic carbocycles. The van der Waals surface area contributed by atoms with Crippen molar-refractivity contribution < 1.29 is 9.47 Å². The van der Waals surface area contributed by atoms with Crippen molar-refractivity contribution in [3.63, 3.8) is 0 Å². The molecular formula is C18H16N4O3S. The van der Waals surface area contributed by atoms with E-state index in [4.69, 9.17) is 9.47 Å². The second kappa shape index (κ2) is 6.30. The molecule has 132 valence electrons. The number of rotatable bonds is 4. The summed E-state index contributed by atoms with van der Waals surface area (Å²) in [6.07, 6.45) is 0. The summed E-state index contributed by atoms with van der Waals surface area (Å²) in [4.78, 5) is 17.9. The van der Waals surface area contributed by atoms with Crippen LogP contribution in [0.15, 0.2) is 41.2 Å². The number of methoxy groups -OCH3 is 2. The van der Waals surface area contributed by atoms with Gasteiger partial charge in [0.1, 0.15) is 0 Å². The van der Waals surface area contributed by atoms with Gasteiger partial charge in [-0.2, -0.15) is 4.52 Å². The number of aromatic nitrogens is 3. The summed E-state index contributed by atoms with van der Waals surface area (Å²) in [5, 5.41) is 8.60. The Morgan fingerprint density at radius 1 is 1.12 bits per heavy atom. The van der Waals surface area contributed by atoms with Gasteiger partial charge in [-0.3, -0.25) is 4.79 Å². The van der Waals surface area contributed by atoms with Crippen LogP contribution in [-0.4, -0.2) is 28.8 Å². The number of benzene rings is 2. The van der Waals surface area contributed by atoms with Gasteiger partial charge in [0.05, 0.1) is 25.1 Å². The van der Waals surface area contributed by atoms with Gasteiger partial charge in [0, 0.05) is 11.8 Å². The Labute approximate surface area is 152 Å². The van der Waals surface area contributed by atoms with Gasteiger partial charge in [0.15, 0.2) is 11.5 Å². The fourth-order valence-corrected chi connectivity index (χ4v) is 3.55. The lowest BCUT2D eigenvalue weighted by Crippen LogP contribution is -2.15. The minimum atomic E-state index is -0.250. The van der Waals surface area contributed by atoms with Crippen molar-refractivity contribution in [1.29, 1.82) is 0 Å². The molecule has 1 N–H and O–H groups in total. The van der Waals surface area contributed by atoms with E-state index >= 15 is 0 Å². The first-order valence-corrected chi connectivity index (χ1v) is 8.70. The molecule has 0 aliphatic heterocycles. The Morgan fingerprint density at radius 3 is 2.62 bits per heavy atom. The molecule has 7 nitrogen and oxygen atoms in total. The molecule has 0 atom stereocenters. The fraction of sp³-hybridized carbons (Fsp3) is 0.167. The molecule has 4 rings (SSSR count). The van der Waals surface area contributed by atoms with Gasteiger partial charge in [0.2, 0.25) is 10.1 Å². The van der Waals surface area contributed by atoms with E-state index < -0.39 is 0 Å². The van der Waals surface area contributed by atoms with E-state index in [0.29, 0.717) is 32.5 Å². The SMILES string of the molecule is COc1cc2nc3sc(Nc4cccc(C)c4)nn3c(=O)c2cc1OC. The molecule has 0 aliphatic carbocycles. The number of hydrogen-bond acceptors (Lipinski definition) is 7. The van der Waals surface area contributed by atoms with Crippen molar-refractivity contribution in [3.05, 3.63) is 52.3 Å². The summed E-state index contributed by atoms with van der Waals surface area (Å²) in [6, 6.07) is 11.3. The van der Waals surface area contributed by atoms with Crippen molar-refractivity contribution >= 4 is 38.0 Å². The van der Waals surface area contributed by atoms with Crippen molar-refractivity contribution in [2.45, 2.75) is 6.92 Å². The fourth-order valence-electron chi connectivity index (χ4n) is 2.73. The molecule has 0 bridgehead atoms. The zero-order valence-corrected chi connectivity index (χ0v) is 15.3. The first-order chi connectivity index (χ1) is 12.6. The van der Waals surface area contributed by atoms with E-state index in [9.17, 15) is 4.79 Å². The Balaban J connectivity index is 1.86. The van der Waals surface area contributed by atoms with Crippen LogP contribution in [-0.2, 0) is 0 Å². The molecule has 0 aliphatic rings. The van der Waals surface area contributed by atoms with Crippen LogP contribution in [0.4, 0.5) is 10.8 Å². The highest BCUT2D eigenvalue weighted by Gasteiger charge is 2.15. The number of fused-ring (bicyclic) bond motifs is 2. The number of nitrogens with zero attached hydrogens (tertiary/aromatic N) is 3. The van der Waals surface area contributed by atoms with Crippen LogP contribution < -0.4 is 20.3 Å². The molecule has 0 unspecified atom stereocenters. The van der Waals surface area contributed by atoms with E-state index in [0.717, 1.165) is 11.3 Å². The van der Waals surface area contributed by atoms with Crippen LogP contribution in [0.5, 0.6) is 11.5 Å². The monoisotopic (exact) mass is 368 g/mol. The average molecular weight is 368 g/mol. The van der Waals surface area contributed by atoms with Crippen molar-refractivity contribution in [2.75, 3.05) is 19.5 Å². The van der Waals surface area contributed by atoms with Crippen LogP contribution in [0.2, 0.25) is 0 Å². The third-order valence-corrected chi connectivity index (χ3v) is 4.79. The smallest absolute Gasteiger partial charge is 0.283 e. The van der Waals surface area contributed by atoms with Gasteiger partial charge in [-0.05, 0) is 30.7 Å². The van der Waals surface area contributed by atoms with Crippen LogP contribution >= 0.6 is 11.3 Å². The first kappa shape index (κ1) is 16.3. The lowest BCUT2D eigenvalue weighted by atomic mass is 10.2. The van der Waals surface area contributed by atoms with Gasteiger partial charge in [-0.15, -0.1) is 5.10 Å². The Hall–Kier alpha value is -3.13. The molecule has 2 aromatic heterocycles. The van der Waals surface area contributed by atoms with Crippen LogP contribution in [0.25, 0.3) is 15.9 Å². The minimum Gasteiger partial charge on any atom is -0.493 e. The standard InChI is InChI=1S/C18H16N4O3S/c1-10-5-4-6-11(7-10)19-17-21-22-16(23)12-8-14(24-2)15(25-3)9-13(12)20-18(22)26-17/h4-9H,1-3H3,(H,19,21). The number of nitrogens with one attached hydrogen (secondary N) is 1. The van der Waals surface area contributed by atoms with Gasteiger partial charge < -0.3 is 14.8 Å². The van der Waals surface area contributed by atoms with Gasteiger partial charge in [-0.1, -0.05) is 23.5 Å². The number of anilines is 2. The molecule has 0 saturated carbocycles. The lowest BCUT2D eigenvalue weighted by molar-refractivity contribution is 0.355. The van der Waals surface area contributed by atoms with Gasteiger partial charge in [0.25, 0.3) is 5.56 Å². The average Bonchev–Trinajstić information content (AvgIpc) is 3.03. The van der Waals surface area contributed by atoms with Crippen molar-refractivity contribution in [2.24, 2.45) is 0 Å². The van der Waals surface area contributed by atoms with Crippen molar-refractivity contribution in [3.8, 4) is 11.5 Å². The van der Waals surface area contributed by atoms with Crippen LogP contribution in [0, 0.1) is 6.92 Å². The highest BCUT2D eigenvalue weighted by Crippen LogP contribution is 2.31. The number of hydrogen-bond donors (Lipinski definition) is 1. The summed E-state index contributed by atoms with van der Waals surface area (Å²) < 4.78 is 11.9. The maximum atomic E-state index is 12.8. The number of aryl methyl sites for hydroxylation is 1. The molecule has 0 saturated heterocycles. The molecule has 0 fully saturated rings. The molecular weight excluding hydrogens is 352 g/mol. The van der Waals surface area contributed by atoms with E-state index in [1.165, 1.54) is 23.0 Å².